The van der Waals surface area contributed by atoms with Crippen LogP contribution in [-0.2, 0) is 10.8 Å². The van der Waals surface area contributed by atoms with Gasteiger partial charge < -0.3 is 11.1 Å². The standard InChI is InChI=1S/C11H18N4O2S/c1-7(2)10-14-6-8(12)9(15-10)11(16)13-4-5-18(3)17/h6-7H,4-5,12H2,1-3H3,(H,13,16). The number of anilines is 1. The summed E-state index contributed by atoms with van der Waals surface area (Å²) in [6, 6.07) is 0. The predicted octanol–water partition coefficient (Wildman–Crippen LogP) is 0.291. The molecule has 0 aliphatic carbocycles. The number of rotatable bonds is 5. The summed E-state index contributed by atoms with van der Waals surface area (Å²) < 4.78 is 10.9. The lowest BCUT2D eigenvalue weighted by molar-refractivity contribution is 0.0951. The van der Waals surface area contributed by atoms with E-state index in [2.05, 4.69) is 15.3 Å². The second kappa shape index (κ2) is 6.44. The van der Waals surface area contributed by atoms with Crippen molar-refractivity contribution in [1.82, 2.24) is 15.3 Å². The molecule has 0 bridgehead atoms. The van der Waals surface area contributed by atoms with E-state index >= 15 is 0 Å². The van der Waals surface area contributed by atoms with E-state index in [1.165, 1.54) is 6.20 Å². The molecule has 1 aromatic heterocycles. The number of aromatic nitrogens is 2. The van der Waals surface area contributed by atoms with Gasteiger partial charge in [-0.15, -0.1) is 0 Å². The summed E-state index contributed by atoms with van der Waals surface area (Å²) in [4.78, 5) is 20.1. The maximum atomic E-state index is 11.8. The van der Waals surface area contributed by atoms with Crippen molar-refractivity contribution in [2.24, 2.45) is 0 Å². The zero-order valence-corrected chi connectivity index (χ0v) is 11.6. The highest BCUT2D eigenvalue weighted by molar-refractivity contribution is 7.84. The lowest BCUT2D eigenvalue weighted by atomic mass is 10.2. The molecule has 18 heavy (non-hydrogen) atoms. The summed E-state index contributed by atoms with van der Waals surface area (Å²) in [5.41, 5.74) is 6.10. The fraction of sp³-hybridized carbons (Fsp3) is 0.545. The lowest BCUT2D eigenvalue weighted by Gasteiger charge is -2.09. The molecule has 0 radical (unpaired) electrons. The van der Waals surface area contributed by atoms with Crippen LogP contribution in [0.15, 0.2) is 6.20 Å². The first-order chi connectivity index (χ1) is 8.41. The molecule has 3 N–H and O–H groups in total. The molecule has 0 aromatic carbocycles. The number of nitrogens with zero attached hydrogens (tertiary/aromatic N) is 2. The fourth-order valence-electron chi connectivity index (χ4n) is 1.26. The van der Waals surface area contributed by atoms with Crippen LogP contribution in [0, 0.1) is 0 Å². The Morgan fingerprint density at radius 3 is 2.78 bits per heavy atom. The van der Waals surface area contributed by atoms with Crippen LogP contribution in [0.1, 0.15) is 36.1 Å². The van der Waals surface area contributed by atoms with Crippen molar-refractivity contribution in [2.45, 2.75) is 19.8 Å². The molecule has 1 amide bonds. The van der Waals surface area contributed by atoms with E-state index in [0.29, 0.717) is 18.1 Å². The Kier molecular flexibility index (Phi) is 5.21. The largest absolute Gasteiger partial charge is 0.396 e. The van der Waals surface area contributed by atoms with Crippen molar-refractivity contribution in [1.29, 1.82) is 0 Å². The van der Waals surface area contributed by atoms with Gasteiger partial charge in [0.15, 0.2) is 5.69 Å². The molecule has 6 nitrogen and oxygen atoms in total. The second-order valence-electron chi connectivity index (χ2n) is 4.22. The molecule has 0 saturated carbocycles. The topological polar surface area (TPSA) is 98.0 Å². The molecule has 0 saturated heterocycles. The molecule has 1 heterocycles. The van der Waals surface area contributed by atoms with Crippen molar-refractivity contribution >= 4 is 22.4 Å². The molecule has 0 fully saturated rings. The first-order valence-corrected chi connectivity index (χ1v) is 7.35. The molecule has 7 heteroatoms. The SMILES string of the molecule is CC(C)c1ncc(N)c(C(=O)NCCS(C)=O)n1. The Morgan fingerprint density at radius 2 is 2.22 bits per heavy atom. The zero-order chi connectivity index (χ0) is 13.7. The number of nitrogens with two attached hydrogens (primary N) is 1. The van der Waals surface area contributed by atoms with Gasteiger partial charge in [-0.25, -0.2) is 9.97 Å². The van der Waals surface area contributed by atoms with Gasteiger partial charge in [-0.05, 0) is 0 Å². The number of carbonyl (C=O) groups is 1. The van der Waals surface area contributed by atoms with E-state index in [-0.39, 0.29) is 23.2 Å². The molecule has 1 rings (SSSR count). The van der Waals surface area contributed by atoms with Gasteiger partial charge >= 0.3 is 0 Å². The summed E-state index contributed by atoms with van der Waals surface area (Å²) in [5, 5.41) is 2.63. The highest BCUT2D eigenvalue weighted by Crippen LogP contribution is 2.13. The lowest BCUT2D eigenvalue weighted by Crippen LogP contribution is -2.29. The van der Waals surface area contributed by atoms with Gasteiger partial charge in [-0.3, -0.25) is 9.00 Å². The summed E-state index contributed by atoms with van der Waals surface area (Å²) in [6.45, 7) is 4.21. The van der Waals surface area contributed by atoms with Crippen LogP contribution >= 0.6 is 0 Å². The van der Waals surface area contributed by atoms with Crippen molar-refractivity contribution in [3.8, 4) is 0 Å². The summed E-state index contributed by atoms with van der Waals surface area (Å²) in [7, 11) is -0.934. The maximum Gasteiger partial charge on any atom is 0.272 e. The highest BCUT2D eigenvalue weighted by atomic mass is 32.2. The van der Waals surface area contributed by atoms with E-state index in [0.717, 1.165) is 0 Å². The Hall–Kier alpha value is -1.50. The van der Waals surface area contributed by atoms with Crippen molar-refractivity contribution in [3.05, 3.63) is 17.7 Å². The van der Waals surface area contributed by atoms with E-state index in [9.17, 15) is 9.00 Å². The minimum Gasteiger partial charge on any atom is -0.396 e. The average Bonchev–Trinajstić information content (AvgIpc) is 2.28. The van der Waals surface area contributed by atoms with Gasteiger partial charge in [0.25, 0.3) is 5.91 Å². The molecular formula is C11H18N4O2S. The van der Waals surface area contributed by atoms with Gasteiger partial charge in [0.05, 0.1) is 11.9 Å². The number of hydrogen-bond donors (Lipinski definition) is 2. The van der Waals surface area contributed by atoms with Gasteiger partial charge in [0.2, 0.25) is 0 Å². The van der Waals surface area contributed by atoms with Gasteiger partial charge in [-0.1, -0.05) is 13.8 Å². The zero-order valence-electron chi connectivity index (χ0n) is 10.8. The molecule has 0 aliphatic heterocycles. The van der Waals surface area contributed by atoms with Crippen molar-refractivity contribution < 1.29 is 9.00 Å². The average molecular weight is 270 g/mol. The van der Waals surface area contributed by atoms with Crippen molar-refractivity contribution in [3.63, 3.8) is 0 Å². The fourth-order valence-corrected chi connectivity index (χ4v) is 1.65. The van der Waals surface area contributed by atoms with Crippen LogP contribution in [0.4, 0.5) is 5.69 Å². The molecule has 1 atom stereocenters. The van der Waals surface area contributed by atoms with Crippen LogP contribution < -0.4 is 11.1 Å². The smallest absolute Gasteiger partial charge is 0.272 e. The van der Waals surface area contributed by atoms with E-state index in [1.807, 2.05) is 13.8 Å². The molecular weight excluding hydrogens is 252 g/mol. The van der Waals surface area contributed by atoms with E-state index < -0.39 is 10.8 Å². The monoisotopic (exact) mass is 270 g/mol. The molecule has 1 aromatic rings. The van der Waals surface area contributed by atoms with Crippen LogP contribution in [0.2, 0.25) is 0 Å². The molecule has 1 unspecified atom stereocenters. The number of hydrogen-bond acceptors (Lipinski definition) is 5. The highest BCUT2D eigenvalue weighted by Gasteiger charge is 2.14. The Bertz CT molecular complexity index is 462. The third-order valence-electron chi connectivity index (χ3n) is 2.24. The van der Waals surface area contributed by atoms with Crippen LogP contribution in [0.5, 0.6) is 0 Å². The van der Waals surface area contributed by atoms with Gasteiger partial charge in [0.1, 0.15) is 5.82 Å². The second-order valence-corrected chi connectivity index (χ2v) is 5.77. The minimum absolute atomic E-state index is 0.125. The quantitative estimate of drug-likeness (QED) is 0.801. The van der Waals surface area contributed by atoms with E-state index in [1.54, 1.807) is 6.26 Å². The number of nitrogen functional groups attached to an aromatic ring is 1. The summed E-state index contributed by atoms with van der Waals surface area (Å²) in [6.07, 6.45) is 3.03. The Balaban J connectivity index is 2.78. The Morgan fingerprint density at radius 1 is 1.56 bits per heavy atom. The van der Waals surface area contributed by atoms with Gasteiger partial charge in [0, 0.05) is 35.3 Å². The van der Waals surface area contributed by atoms with Crippen molar-refractivity contribution in [2.75, 3.05) is 24.3 Å². The van der Waals surface area contributed by atoms with Crippen LogP contribution in [0.3, 0.4) is 0 Å². The maximum absolute atomic E-state index is 11.8. The molecule has 100 valence electrons. The normalized spacial score (nSPS) is 12.4. The summed E-state index contributed by atoms with van der Waals surface area (Å²) >= 11 is 0. The van der Waals surface area contributed by atoms with Crippen LogP contribution in [0.25, 0.3) is 0 Å². The number of amides is 1. The number of nitrogens with one attached hydrogen (secondary N) is 1. The number of carbonyl (C=O) groups excluding carboxylic acids is 1. The third-order valence-corrected chi connectivity index (χ3v) is 3.02. The van der Waals surface area contributed by atoms with E-state index in [4.69, 9.17) is 5.73 Å². The summed E-state index contributed by atoms with van der Waals surface area (Å²) in [5.74, 6) is 0.754. The molecule has 0 aliphatic rings. The first-order valence-electron chi connectivity index (χ1n) is 5.62. The third kappa shape index (κ3) is 4.06. The minimum atomic E-state index is -0.934. The molecule has 0 spiro atoms. The predicted molar refractivity (Wildman–Crippen MR) is 71.8 cm³/mol. The Labute approximate surface area is 109 Å². The van der Waals surface area contributed by atoms with Crippen LogP contribution in [-0.4, -0.2) is 38.6 Å². The first kappa shape index (κ1) is 14.6. The van der Waals surface area contributed by atoms with Gasteiger partial charge in [-0.2, -0.15) is 0 Å².